The van der Waals surface area contributed by atoms with E-state index in [0.717, 1.165) is 11.1 Å². The van der Waals surface area contributed by atoms with E-state index in [4.69, 9.17) is 10.3 Å². The highest BCUT2D eigenvalue weighted by Crippen LogP contribution is 2.23. The molecule has 0 aliphatic rings. The third-order valence-electron chi connectivity index (χ3n) is 2.82. The van der Waals surface area contributed by atoms with Gasteiger partial charge in [-0.3, -0.25) is 0 Å². The van der Waals surface area contributed by atoms with Crippen LogP contribution in [0.1, 0.15) is 5.56 Å². The lowest BCUT2D eigenvalue weighted by atomic mass is 10.1. The summed E-state index contributed by atoms with van der Waals surface area (Å²) in [5.41, 5.74) is 8.85. The van der Waals surface area contributed by atoms with Gasteiger partial charge in [-0.05, 0) is 24.6 Å². The van der Waals surface area contributed by atoms with Crippen LogP contribution in [0.15, 0.2) is 47.1 Å². The Kier molecular flexibility index (Phi) is 2.72. The molecule has 0 amide bonds. The molecule has 19 heavy (non-hydrogen) atoms. The zero-order valence-corrected chi connectivity index (χ0v) is 10.4. The summed E-state index contributed by atoms with van der Waals surface area (Å²) in [7, 11) is 0. The monoisotopic (exact) mass is 252 g/mol. The Morgan fingerprint density at radius 3 is 2.68 bits per heavy atom. The number of aromatic nitrogens is 3. The van der Waals surface area contributed by atoms with Crippen molar-refractivity contribution in [1.82, 2.24) is 15.1 Å². The number of nitrogens with zero attached hydrogens (tertiary/aromatic N) is 3. The predicted octanol–water partition coefficient (Wildman–Crippen LogP) is 2.69. The molecule has 0 spiro atoms. The average molecular weight is 252 g/mol. The molecule has 2 heterocycles. The fourth-order valence-electron chi connectivity index (χ4n) is 1.79. The van der Waals surface area contributed by atoms with Gasteiger partial charge in [-0.25, -0.2) is 4.98 Å². The summed E-state index contributed by atoms with van der Waals surface area (Å²) >= 11 is 0. The number of anilines is 1. The van der Waals surface area contributed by atoms with E-state index < -0.39 is 0 Å². The first-order valence-corrected chi connectivity index (χ1v) is 5.85. The summed E-state index contributed by atoms with van der Waals surface area (Å²) in [5.74, 6) is 0.949. The molecular weight excluding hydrogens is 240 g/mol. The summed E-state index contributed by atoms with van der Waals surface area (Å²) in [6.07, 6.45) is 1.56. The fraction of sp³-hybridized carbons (Fsp3) is 0.0714. The number of nitrogen functional groups attached to an aromatic ring is 1. The van der Waals surface area contributed by atoms with E-state index in [1.54, 1.807) is 18.3 Å². The zero-order chi connectivity index (χ0) is 13.2. The smallest absolute Gasteiger partial charge is 0.276 e. The van der Waals surface area contributed by atoms with Gasteiger partial charge in [0.2, 0.25) is 5.82 Å². The quantitative estimate of drug-likeness (QED) is 0.758. The minimum Gasteiger partial charge on any atom is -0.397 e. The van der Waals surface area contributed by atoms with Crippen molar-refractivity contribution in [1.29, 1.82) is 0 Å². The van der Waals surface area contributed by atoms with Gasteiger partial charge in [-0.15, -0.1) is 0 Å². The van der Waals surface area contributed by atoms with Gasteiger partial charge in [0.05, 0.1) is 11.9 Å². The first kappa shape index (κ1) is 11.4. The summed E-state index contributed by atoms with van der Waals surface area (Å²) in [5, 5.41) is 3.99. The second kappa shape index (κ2) is 4.53. The topological polar surface area (TPSA) is 77.8 Å². The van der Waals surface area contributed by atoms with Gasteiger partial charge >= 0.3 is 0 Å². The lowest BCUT2D eigenvalue weighted by molar-refractivity contribution is 0.431. The Labute approximate surface area is 110 Å². The van der Waals surface area contributed by atoms with Crippen LogP contribution in [-0.2, 0) is 0 Å². The first-order valence-electron chi connectivity index (χ1n) is 5.85. The molecule has 0 radical (unpaired) electrons. The minimum atomic E-state index is 0.387. The van der Waals surface area contributed by atoms with Crippen molar-refractivity contribution in [2.75, 3.05) is 5.73 Å². The van der Waals surface area contributed by atoms with E-state index in [2.05, 4.69) is 15.1 Å². The van der Waals surface area contributed by atoms with Gasteiger partial charge in [-0.2, -0.15) is 4.98 Å². The van der Waals surface area contributed by atoms with Crippen molar-refractivity contribution in [3.63, 3.8) is 0 Å². The highest BCUT2D eigenvalue weighted by molar-refractivity contribution is 5.61. The van der Waals surface area contributed by atoms with Crippen LogP contribution in [0, 0.1) is 6.92 Å². The van der Waals surface area contributed by atoms with Crippen LogP contribution in [0.2, 0.25) is 0 Å². The van der Waals surface area contributed by atoms with Crippen molar-refractivity contribution in [3.05, 3.63) is 48.2 Å². The van der Waals surface area contributed by atoms with Crippen molar-refractivity contribution < 1.29 is 4.52 Å². The average Bonchev–Trinajstić information content (AvgIpc) is 2.89. The van der Waals surface area contributed by atoms with Crippen molar-refractivity contribution in [2.24, 2.45) is 0 Å². The number of hydrogen-bond donors (Lipinski definition) is 1. The third-order valence-corrected chi connectivity index (χ3v) is 2.82. The predicted molar refractivity (Wildman–Crippen MR) is 72.1 cm³/mol. The highest BCUT2D eigenvalue weighted by Gasteiger charge is 2.12. The molecule has 2 aromatic heterocycles. The van der Waals surface area contributed by atoms with Crippen LogP contribution in [0.4, 0.5) is 5.69 Å². The lowest BCUT2D eigenvalue weighted by Crippen LogP contribution is -1.88. The van der Waals surface area contributed by atoms with Crippen LogP contribution in [0.5, 0.6) is 0 Å². The molecule has 0 aliphatic carbocycles. The van der Waals surface area contributed by atoms with E-state index in [1.807, 2.05) is 31.2 Å². The van der Waals surface area contributed by atoms with Gasteiger partial charge in [-0.1, -0.05) is 29.4 Å². The van der Waals surface area contributed by atoms with Gasteiger partial charge in [0, 0.05) is 5.56 Å². The summed E-state index contributed by atoms with van der Waals surface area (Å²) < 4.78 is 5.24. The molecule has 0 aliphatic heterocycles. The maximum absolute atomic E-state index is 5.59. The second-order valence-electron chi connectivity index (χ2n) is 4.21. The number of hydrogen-bond acceptors (Lipinski definition) is 5. The van der Waals surface area contributed by atoms with Crippen molar-refractivity contribution >= 4 is 5.69 Å². The molecule has 0 atom stereocenters. The molecule has 2 N–H and O–H groups in total. The molecule has 0 saturated heterocycles. The number of aryl methyl sites for hydroxylation is 1. The Morgan fingerprint density at radius 1 is 1.11 bits per heavy atom. The fourth-order valence-corrected chi connectivity index (χ4v) is 1.79. The normalized spacial score (nSPS) is 10.6. The van der Waals surface area contributed by atoms with E-state index >= 15 is 0 Å². The molecule has 1 aromatic carbocycles. The number of benzene rings is 1. The second-order valence-corrected chi connectivity index (χ2v) is 4.21. The van der Waals surface area contributed by atoms with E-state index in [1.165, 1.54) is 0 Å². The van der Waals surface area contributed by atoms with Gasteiger partial charge in [0.25, 0.3) is 5.89 Å². The Hall–Kier alpha value is -2.69. The minimum absolute atomic E-state index is 0.387. The number of rotatable bonds is 2. The molecule has 3 rings (SSSR count). The molecule has 0 unspecified atom stereocenters. The molecule has 0 bridgehead atoms. The first-order chi connectivity index (χ1) is 9.24. The van der Waals surface area contributed by atoms with E-state index in [-0.39, 0.29) is 0 Å². The Bertz CT molecular complexity index is 703. The van der Waals surface area contributed by atoms with E-state index in [0.29, 0.717) is 23.1 Å². The molecule has 0 fully saturated rings. The maximum Gasteiger partial charge on any atom is 0.276 e. The third kappa shape index (κ3) is 2.18. The zero-order valence-electron chi connectivity index (χ0n) is 10.4. The summed E-state index contributed by atoms with van der Waals surface area (Å²) in [4.78, 5) is 8.52. The standard InChI is InChI=1S/C14H12N4O/c1-9-4-2-3-5-11(9)13-17-14(19-18-13)12-7-6-10(15)8-16-12/h2-8H,15H2,1H3. The van der Waals surface area contributed by atoms with Crippen LogP contribution in [0.25, 0.3) is 23.0 Å². The van der Waals surface area contributed by atoms with Gasteiger partial charge < -0.3 is 10.3 Å². The molecule has 0 saturated carbocycles. The summed E-state index contributed by atoms with van der Waals surface area (Å²) in [6, 6.07) is 11.4. The molecule has 3 aromatic rings. The molecule has 5 nitrogen and oxygen atoms in total. The molecule has 94 valence electrons. The van der Waals surface area contributed by atoms with Crippen LogP contribution in [0.3, 0.4) is 0 Å². The highest BCUT2D eigenvalue weighted by atomic mass is 16.5. The summed E-state index contributed by atoms with van der Waals surface area (Å²) in [6.45, 7) is 2.01. The lowest BCUT2D eigenvalue weighted by Gasteiger charge is -1.98. The van der Waals surface area contributed by atoms with E-state index in [9.17, 15) is 0 Å². The van der Waals surface area contributed by atoms with Gasteiger partial charge in [0.1, 0.15) is 5.69 Å². The number of pyridine rings is 1. The Balaban J connectivity index is 2.00. The molecule has 5 heteroatoms. The largest absolute Gasteiger partial charge is 0.397 e. The van der Waals surface area contributed by atoms with Crippen molar-refractivity contribution in [2.45, 2.75) is 6.92 Å². The maximum atomic E-state index is 5.59. The van der Waals surface area contributed by atoms with Crippen LogP contribution < -0.4 is 5.73 Å². The van der Waals surface area contributed by atoms with Crippen LogP contribution in [-0.4, -0.2) is 15.1 Å². The van der Waals surface area contributed by atoms with Gasteiger partial charge in [0.15, 0.2) is 0 Å². The SMILES string of the molecule is Cc1ccccc1-c1noc(-c2ccc(N)cn2)n1. The van der Waals surface area contributed by atoms with Crippen LogP contribution >= 0.6 is 0 Å². The van der Waals surface area contributed by atoms with Crippen molar-refractivity contribution in [3.8, 4) is 23.0 Å². The number of nitrogens with two attached hydrogens (primary N) is 1. The molecular formula is C14H12N4O. The Morgan fingerprint density at radius 2 is 1.95 bits per heavy atom.